The van der Waals surface area contributed by atoms with Gasteiger partial charge in [-0.1, -0.05) is 18.2 Å². The number of aryl methyl sites for hydroxylation is 1. The molecule has 176 valence electrons. The molecule has 0 aliphatic rings. The minimum atomic E-state index is -0.534. The van der Waals surface area contributed by atoms with Gasteiger partial charge >= 0.3 is 0 Å². The van der Waals surface area contributed by atoms with E-state index in [4.69, 9.17) is 5.73 Å². The number of amides is 2. The Bertz CT molecular complexity index is 1490. The van der Waals surface area contributed by atoms with Crippen LogP contribution >= 0.6 is 0 Å². The summed E-state index contributed by atoms with van der Waals surface area (Å²) in [6.45, 7) is 2.29. The first kappa shape index (κ1) is 23.4. The van der Waals surface area contributed by atoms with Crippen molar-refractivity contribution < 1.29 is 9.59 Å². The number of fused-ring (bicyclic) bond motifs is 1. The van der Waals surface area contributed by atoms with Crippen molar-refractivity contribution in [2.45, 2.75) is 13.5 Å². The molecule has 9 nitrogen and oxygen atoms in total. The second-order valence-electron chi connectivity index (χ2n) is 7.67. The van der Waals surface area contributed by atoms with Crippen LogP contribution in [0.15, 0.2) is 71.8 Å². The molecule has 0 bridgehead atoms. The number of carbonyl (C=O) groups excluding carboxylic acids is 2. The van der Waals surface area contributed by atoms with E-state index in [0.717, 1.165) is 11.1 Å². The van der Waals surface area contributed by atoms with Gasteiger partial charge in [-0.2, -0.15) is 0 Å². The highest BCUT2D eigenvalue weighted by Crippen LogP contribution is 2.24. The van der Waals surface area contributed by atoms with Crippen molar-refractivity contribution in [2.24, 2.45) is 0 Å². The normalized spacial score (nSPS) is 11.0. The molecule has 4 N–H and O–H groups in total. The van der Waals surface area contributed by atoms with Crippen LogP contribution in [0.25, 0.3) is 28.4 Å². The number of aromatic nitrogens is 3. The van der Waals surface area contributed by atoms with Gasteiger partial charge < -0.3 is 20.9 Å². The fourth-order valence-corrected chi connectivity index (χ4v) is 3.71. The van der Waals surface area contributed by atoms with E-state index in [1.807, 2.05) is 25.1 Å². The molecule has 3 aromatic heterocycles. The third kappa shape index (κ3) is 4.79. The summed E-state index contributed by atoms with van der Waals surface area (Å²) >= 11 is 0. The zero-order valence-electron chi connectivity index (χ0n) is 19.3. The molecule has 3 heterocycles. The van der Waals surface area contributed by atoms with E-state index >= 15 is 0 Å². The first-order valence-electron chi connectivity index (χ1n) is 11.0. The Balaban J connectivity index is 1.61. The van der Waals surface area contributed by atoms with Crippen LogP contribution in [-0.2, 0) is 11.3 Å². The zero-order chi connectivity index (χ0) is 24.9. The van der Waals surface area contributed by atoms with E-state index in [2.05, 4.69) is 20.6 Å². The predicted molar refractivity (Wildman–Crippen MR) is 137 cm³/mol. The Morgan fingerprint density at radius 1 is 1.11 bits per heavy atom. The molecule has 0 aliphatic carbocycles. The molecule has 0 fully saturated rings. The third-order valence-electron chi connectivity index (χ3n) is 5.48. The van der Waals surface area contributed by atoms with E-state index in [9.17, 15) is 14.4 Å². The topological polar surface area (TPSA) is 132 Å². The molecule has 0 saturated heterocycles. The van der Waals surface area contributed by atoms with Crippen molar-refractivity contribution in [2.75, 3.05) is 18.1 Å². The van der Waals surface area contributed by atoms with E-state index in [1.54, 1.807) is 53.4 Å². The largest absolute Gasteiger partial charge is 0.384 e. The monoisotopic (exact) mass is 468 g/mol. The summed E-state index contributed by atoms with van der Waals surface area (Å²) in [4.78, 5) is 46.0. The number of nitrogens with zero attached hydrogens (tertiary/aromatic N) is 3. The summed E-state index contributed by atoms with van der Waals surface area (Å²) in [6, 6.07) is 14.2. The number of nitrogens with one attached hydrogen (secondary N) is 2. The van der Waals surface area contributed by atoms with Crippen LogP contribution in [0.3, 0.4) is 0 Å². The molecule has 0 aliphatic heterocycles. The molecule has 0 radical (unpaired) electrons. The van der Waals surface area contributed by atoms with Crippen LogP contribution in [0, 0.1) is 0 Å². The van der Waals surface area contributed by atoms with Gasteiger partial charge in [-0.15, -0.1) is 0 Å². The van der Waals surface area contributed by atoms with Gasteiger partial charge in [-0.25, -0.2) is 4.98 Å². The van der Waals surface area contributed by atoms with Gasteiger partial charge in [0.15, 0.2) is 0 Å². The van der Waals surface area contributed by atoms with Gasteiger partial charge in [0.25, 0.3) is 5.91 Å². The van der Waals surface area contributed by atoms with Crippen LogP contribution in [-0.4, -0.2) is 33.4 Å². The average molecular weight is 469 g/mol. The highest BCUT2D eigenvalue weighted by atomic mass is 16.2. The van der Waals surface area contributed by atoms with Gasteiger partial charge in [-0.3, -0.25) is 19.4 Å². The Labute approximate surface area is 201 Å². The molecule has 1 aromatic carbocycles. The smallest absolute Gasteiger partial charge is 0.258 e. The Morgan fingerprint density at radius 2 is 1.89 bits per heavy atom. The van der Waals surface area contributed by atoms with E-state index < -0.39 is 11.3 Å². The predicted octanol–water partition coefficient (Wildman–Crippen LogP) is 3.07. The summed E-state index contributed by atoms with van der Waals surface area (Å²) in [5.41, 5.74) is 8.89. The molecule has 35 heavy (non-hydrogen) atoms. The minimum absolute atomic E-state index is 0.0754. The number of hydrogen-bond donors (Lipinski definition) is 3. The molecule has 4 rings (SSSR count). The number of nitrogens with two attached hydrogens (primary N) is 1. The fraction of sp³-hybridized carbons (Fsp3) is 0.115. The van der Waals surface area contributed by atoms with Crippen molar-refractivity contribution >= 4 is 40.4 Å². The number of hydrogen-bond acceptors (Lipinski definition) is 6. The maximum atomic E-state index is 12.9. The van der Waals surface area contributed by atoms with Crippen LogP contribution in [0.1, 0.15) is 22.8 Å². The lowest BCUT2D eigenvalue weighted by Gasteiger charge is -2.15. The Morgan fingerprint density at radius 3 is 2.54 bits per heavy atom. The minimum Gasteiger partial charge on any atom is -0.384 e. The van der Waals surface area contributed by atoms with E-state index in [-0.39, 0.29) is 17.3 Å². The molecule has 0 atom stereocenters. The number of carbonyl (C=O) groups is 2. The maximum absolute atomic E-state index is 12.9. The van der Waals surface area contributed by atoms with Crippen LogP contribution < -0.4 is 21.8 Å². The van der Waals surface area contributed by atoms with Crippen LogP contribution in [0.4, 0.5) is 11.5 Å². The lowest BCUT2D eigenvalue weighted by atomic mass is 10.1. The van der Waals surface area contributed by atoms with E-state index in [1.165, 1.54) is 13.1 Å². The van der Waals surface area contributed by atoms with E-state index in [0.29, 0.717) is 29.0 Å². The quantitative estimate of drug-likeness (QED) is 0.373. The molecular weight excluding hydrogens is 444 g/mol. The number of pyridine rings is 3. The molecule has 9 heteroatoms. The third-order valence-corrected chi connectivity index (χ3v) is 5.48. The first-order chi connectivity index (χ1) is 16.9. The molecule has 0 spiro atoms. The molecular formula is C26H24N6O3. The fourth-order valence-electron chi connectivity index (χ4n) is 3.71. The number of benzene rings is 1. The number of nitrogen functional groups attached to an aromatic ring is 1. The highest BCUT2D eigenvalue weighted by Gasteiger charge is 2.20. The lowest BCUT2D eigenvalue weighted by molar-refractivity contribution is -0.111. The van der Waals surface area contributed by atoms with Gasteiger partial charge in [-0.05, 0) is 48.9 Å². The van der Waals surface area contributed by atoms with Crippen molar-refractivity contribution in [3.63, 3.8) is 0 Å². The second-order valence-corrected chi connectivity index (χ2v) is 7.67. The summed E-state index contributed by atoms with van der Waals surface area (Å²) < 4.78 is 1.65. The van der Waals surface area contributed by atoms with Crippen LogP contribution in [0.5, 0.6) is 0 Å². The number of rotatable bonds is 6. The second kappa shape index (κ2) is 10.0. The lowest BCUT2D eigenvalue weighted by Crippen LogP contribution is -2.30. The molecule has 0 saturated carbocycles. The summed E-state index contributed by atoms with van der Waals surface area (Å²) in [5.74, 6) is -0.722. The summed E-state index contributed by atoms with van der Waals surface area (Å²) in [5, 5.41) is 5.58. The molecule has 0 unspecified atom stereocenters. The molecule has 4 aromatic rings. The van der Waals surface area contributed by atoms with Crippen molar-refractivity contribution in [3.05, 3.63) is 88.4 Å². The van der Waals surface area contributed by atoms with Crippen molar-refractivity contribution in [1.82, 2.24) is 19.9 Å². The van der Waals surface area contributed by atoms with Gasteiger partial charge in [0.05, 0.1) is 11.1 Å². The van der Waals surface area contributed by atoms with Crippen molar-refractivity contribution in [1.29, 1.82) is 0 Å². The summed E-state index contributed by atoms with van der Waals surface area (Å²) in [7, 11) is 1.45. The zero-order valence-corrected chi connectivity index (χ0v) is 19.3. The Kier molecular flexibility index (Phi) is 6.68. The maximum Gasteiger partial charge on any atom is 0.258 e. The van der Waals surface area contributed by atoms with Gasteiger partial charge in [0.2, 0.25) is 11.3 Å². The molecule has 2 amide bonds. The Hall–Kier alpha value is -4.79. The van der Waals surface area contributed by atoms with Gasteiger partial charge in [0.1, 0.15) is 17.0 Å². The highest BCUT2D eigenvalue weighted by molar-refractivity contribution is 6.02. The van der Waals surface area contributed by atoms with Crippen molar-refractivity contribution in [3.8, 4) is 11.3 Å². The number of anilines is 2. The standard InChI is InChI=1S/C26H24N6O3/c1-3-32-24(27)22(26(35)28-2)23(34)19-11-12-20(31-25(19)32)17-7-9-18(10-8-17)30-21(33)13-6-16-5-4-14-29-15-16/h4-15H,3,27H2,1-2H3,(H,28,35)(H,30,33)/b13-6+. The average Bonchev–Trinajstić information content (AvgIpc) is 2.88. The SMILES string of the molecule is CCn1c(N)c(C(=O)NC)c(=O)c2ccc(-c3ccc(NC(=O)/C=C/c4cccnc4)cc3)nc21. The summed E-state index contributed by atoms with van der Waals surface area (Å²) in [6.07, 6.45) is 6.46. The first-order valence-corrected chi connectivity index (χ1v) is 11.0. The van der Waals surface area contributed by atoms with Gasteiger partial charge in [0, 0.05) is 43.3 Å². The van der Waals surface area contributed by atoms with Crippen LogP contribution in [0.2, 0.25) is 0 Å².